The van der Waals surface area contributed by atoms with Crippen LogP contribution in [0.4, 0.5) is 5.69 Å². The van der Waals surface area contributed by atoms with Crippen molar-refractivity contribution in [2.75, 3.05) is 18.5 Å². The van der Waals surface area contributed by atoms with E-state index in [1.807, 2.05) is 48.0 Å². The van der Waals surface area contributed by atoms with E-state index in [0.29, 0.717) is 30.4 Å². The highest BCUT2D eigenvalue weighted by Crippen LogP contribution is 2.35. The van der Waals surface area contributed by atoms with E-state index in [1.54, 1.807) is 6.33 Å². The number of benzene rings is 2. The topological polar surface area (TPSA) is 78.3 Å². The van der Waals surface area contributed by atoms with E-state index < -0.39 is 0 Å². The lowest BCUT2D eigenvalue weighted by atomic mass is 10.1. The minimum absolute atomic E-state index is 0.123. The number of carbonyl (C=O) groups is 1. The van der Waals surface area contributed by atoms with Gasteiger partial charge in [-0.15, -0.1) is 10.2 Å². The number of anilines is 1. The summed E-state index contributed by atoms with van der Waals surface area (Å²) >= 11 is 3.50. The molecule has 4 rings (SSSR count). The molecule has 1 N–H and O–H groups in total. The van der Waals surface area contributed by atoms with E-state index in [9.17, 15) is 4.79 Å². The first-order valence-electron chi connectivity index (χ1n) is 8.42. The van der Waals surface area contributed by atoms with Crippen LogP contribution >= 0.6 is 15.9 Å². The van der Waals surface area contributed by atoms with Crippen molar-refractivity contribution in [2.24, 2.45) is 7.05 Å². The molecule has 2 aromatic carbocycles. The van der Waals surface area contributed by atoms with Crippen molar-refractivity contribution in [3.8, 4) is 22.9 Å². The normalized spacial score (nSPS) is 12.7. The summed E-state index contributed by atoms with van der Waals surface area (Å²) in [6, 6.07) is 11.2. The number of hydrogen-bond donors (Lipinski definition) is 1. The number of nitrogens with one attached hydrogen (secondary N) is 1. The van der Waals surface area contributed by atoms with E-state index in [4.69, 9.17) is 9.47 Å². The zero-order chi connectivity index (χ0) is 18.8. The molecule has 0 atom stereocenters. The molecule has 27 heavy (non-hydrogen) atoms. The van der Waals surface area contributed by atoms with Crippen LogP contribution in [0.1, 0.15) is 5.56 Å². The number of carbonyl (C=O) groups excluding carboxylic acids is 1. The van der Waals surface area contributed by atoms with Gasteiger partial charge in [-0.05, 0) is 29.8 Å². The molecular weight excluding hydrogens is 412 g/mol. The molecule has 1 aliphatic heterocycles. The van der Waals surface area contributed by atoms with Crippen molar-refractivity contribution in [3.05, 3.63) is 52.8 Å². The predicted molar refractivity (Wildman–Crippen MR) is 104 cm³/mol. The lowest BCUT2D eigenvalue weighted by molar-refractivity contribution is -0.115. The fourth-order valence-electron chi connectivity index (χ4n) is 2.90. The van der Waals surface area contributed by atoms with E-state index in [0.717, 1.165) is 21.4 Å². The number of amides is 1. The van der Waals surface area contributed by atoms with Crippen LogP contribution in [-0.2, 0) is 18.3 Å². The third-order valence-corrected chi connectivity index (χ3v) is 4.92. The molecule has 7 nitrogen and oxygen atoms in total. The van der Waals surface area contributed by atoms with Gasteiger partial charge in [-0.1, -0.05) is 28.1 Å². The van der Waals surface area contributed by atoms with Gasteiger partial charge in [0.15, 0.2) is 17.3 Å². The van der Waals surface area contributed by atoms with Crippen LogP contribution in [-0.4, -0.2) is 33.9 Å². The van der Waals surface area contributed by atoms with Gasteiger partial charge in [0.2, 0.25) is 5.91 Å². The van der Waals surface area contributed by atoms with Crippen LogP contribution in [0, 0.1) is 0 Å². The molecule has 2 heterocycles. The lowest BCUT2D eigenvalue weighted by Gasteiger charge is -2.19. The molecule has 0 aliphatic carbocycles. The molecule has 0 bridgehead atoms. The van der Waals surface area contributed by atoms with Crippen molar-refractivity contribution in [1.29, 1.82) is 0 Å². The Bertz CT molecular complexity index is 1000. The van der Waals surface area contributed by atoms with E-state index in [-0.39, 0.29) is 12.3 Å². The number of halogens is 1. The molecule has 0 fully saturated rings. The Morgan fingerprint density at radius 1 is 1.22 bits per heavy atom. The number of aromatic nitrogens is 3. The molecule has 3 aromatic rings. The largest absolute Gasteiger partial charge is 0.486 e. The molecule has 8 heteroatoms. The summed E-state index contributed by atoms with van der Waals surface area (Å²) < 4.78 is 13.8. The third-order valence-electron chi connectivity index (χ3n) is 4.18. The highest BCUT2D eigenvalue weighted by molar-refractivity contribution is 9.10. The van der Waals surface area contributed by atoms with Crippen molar-refractivity contribution >= 4 is 27.5 Å². The van der Waals surface area contributed by atoms with Crippen LogP contribution in [0.5, 0.6) is 11.5 Å². The molecule has 138 valence electrons. The molecule has 1 aliphatic rings. The average Bonchev–Trinajstić information content (AvgIpc) is 3.08. The monoisotopic (exact) mass is 428 g/mol. The quantitative estimate of drug-likeness (QED) is 0.690. The molecule has 0 unspecified atom stereocenters. The molecule has 1 aromatic heterocycles. The number of ether oxygens (including phenoxy) is 2. The molecular formula is C19H17BrN4O3. The van der Waals surface area contributed by atoms with Crippen molar-refractivity contribution in [3.63, 3.8) is 0 Å². The Labute approximate surface area is 164 Å². The van der Waals surface area contributed by atoms with Gasteiger partial charge in [-0.3, -0.25) is 4.79 Å². The standard InChI is InChI=1S/C19H17BrN4O3/c1-24-11-21-23-19(24)12-3-2-4-14(7-12)22-18(25)9-13-8-16-17(10-15(13)20)27-6-5-26-16/h2-4,7-8,10-11H,5-6,9H2,1H3,(H,22,25). The van der Waals surface area contributed by atoms with E-state index >= 15 is 0 Å². The fraction of sp³-hybridized carbons (Fsp3) is 0.211. The summed E-state index contributed by atoms with van der Waals surface area (Å²) in [5.74, 6) is 1.97. The van der Waals surface area contributed by atoms with Gasteiger partial charge in [-0.2, -0.15) is 0 Å². The Morgan fingerprint density at radius 3 is 2.74 bits per heavy atom. The second-order valence-electron chi connectivity index (χ2n) is 6.16. The molecule has 0 radical (unpaired) electrons. The van der Waals surface area contributed by atoms with Gasteiger partial charge in [0, 0.05) is 22.8 Å². The maximum Gasteiger partial charge on any atom is 0.228 e. The minimum atomic E-state index is -0.123. The van der Waals surface area contributed by atoms with Gasteiger partial charge >= 0.3 is 0 Å². The highest BCUT2D eigenvalue weighted by atomic mass is 79.9. The summed E-state index contributed by atoms with van der Waals surface area (Å²) in [5.41, 5.74) is 2.42. The van der Waals surface area contributed by atoms with Gasteiger partial charge in [0.1, 0.15) is 19.5 Å². The van der Waals surface area contributed by atoms with Crippen LogP contribution < -0.4 is 14.8 Å². The Hall–Kier alpha value is -2.87. The van der Waals surface area contributed by atoms with Crippen LogP contribution in [0.25, 0.3) is 11.4 Å². The number of aryl methyl sites for hydroxylation is 1. The first-order valence-corrected chi connectivity index (χ1v) is 9.22. The van der Waals surface area contributed by atoms with E-state index in [2.05, 4.69) is 31.4 Å². The maximum absolute atomic E-state index is 12.5. The predicted octanol–water partition coefficient (Wildman–Crippen LogP) is 3.20. The number of nitrogens with zero attached hydrogens (tertiary/aromatic N) is 3. The minimum Gasteiger partial charge on any atom is -0.486 e. The number of rotatable bonds is 4. The van der Waals surface area contributed by atoms with Crippen LogP contribution in [0.3, 0.4) is 0 Å². The van der Waals surface area contributed by atoms with Gasteiger partial charge in [0.05, 0.1) is 6.42 Å². The SMILES string of the molecule is Cn1cnnc1-c1cccc(NC(=O)Cc2cc3c(cc2Br)OCCO3)c1. The Kier molecular flexibility index (Phi) is 4.81. The number of hydrogen-bond acceptors (Lipinski definition) is 5. The third kappa shape index (κ3) is 3.80. The summed E-state index contributed by atoms with van der Waals surface area (Å²) in [5, 5.41) is 10.9. The van der Waals surface area contributed by atoms with Crippen molar-refractivity contribution in [1.82, 2.24) is 14.8 Å². The second-order valence-corrected chi connectivity index (χ2v) is 7.01. The first-order chi connectivity index (χ1) is 13.1. The van der Waals surface area contributed by atoms with Gasteiger partial charge in [-0.25, -0.2) is 0 Å². The zero-order valence-electron chi connectivity index (χ0n) is 14.6. The first kappa shape index (κ1) is 17.5. The summed E-state index contributed by atoms with van der Waals surface area (Å²) in [7, 11) is 1.87. The average molecular weight is 429 g/mol. The van der Waals surface area contributed by atoms with Crippen LogP contribution in [0.15, 0.2) is 47.2 Å². The Morgan fingerprint density at radius 2 is 2.00 bits per heavy atom. The van der Waals surface area contributed by atoms with Crippen molar-refractivity contribution < 1.29 is 14.3 Å². The molecule has 0 spiro atoms. The summed E-state index contributed by atoms with van der Waals surface area (Å²) in [6.07, 6.45) is 1.85. The van der Waals surface area contributed by atoms with Crippen LogP contribution in [0.2, 0.25) is 0 Å². The van der Waals surface area contributed by atoms with Crippen molar-refractivity contribution in [2.45, 2.75) is 6.42 Å². The van der Waals surface area contributed by atoms with E-state index in [1.165, 1.54) is 0 Å². The molecule has 0 saturated carbocycles. The smallest absolute Gasteiger partial charge is 0.228 e. The highest BCUT2D eigenvalue weighted by Gasteiger charge is 2.17. The fourth-order valence-corrected chi connectivity index (χ4v) is 3.36. The molecule has 1 amide bonds. The van der Waals surface area contributed by atoms with Gasteiger partial charge < -0.3 is 19.4 Å². The summed E-state index contributed by atoms with van der Waals surface area (Å²) in [6.45, 7) is 1.04. The maximum atomic E-state index is 12.5. The molecule has 0 saturated heterocycles. The summed E-state index contributed by atoms with van der Waals surface area (Å²) in [4.78, 5) is 12.5. The Balaban J connectivity index is 1.50. The van der Waals surface area contributed by atoms with Gasteiger partial charge in [0.25, 0.3) is 0 Å². The zero-order valence-corrected chi connectivity index (χ0v) is 16.2. The lowest BCUT2D eigenvalue weighted by Crippen LogP contribution is -2.17. The number of fused-ring (bicyclic) bond motifs is 1. The second kappa shape index (κ2) is 7.40.